The van der Waals surface area contributed by atoms with Gasteiger partial charge >= 0.3 is 0 Å². The number of benzene rings is 1. The Morgan fingerprint density at radius 3 is 2.70 bits per heavy atom. The van der Waals surface area contributed by atoms with E-state index >= 15 is 0 Å². The Hall–Kier alpha value is -0.680. The number of halogens is 4. The molecule has 0 aliphatic rings. The van der Waals surface area contributed by atoms with Crippen LogP contribution in [-0.2, 0) is 0 Å². The minimum atomic E-state index is -0.458. The van der Waals surface area contributed by atoms with Crippen molar-refractivity contribution in [3.8, 4) is 0 Å². The van der Waals surface area contributed by atoms with E-state index in [1.54, 1.807) is 30.6 Å². The van der Waals surface area contributed by atoms with Gasteiger partial charge in [0.25, 0.3) is 0 Å². The molecule has 2 aromatic rings. The lowest BCUT2D eigenvalue weighted by Gasteiger charge is -2.21. The number of pyridine rings is 1. The van der Waals surface area contributed by atoms with Crippen molar-refractivity contribution >= 4 is 39.1 Å². The van der Waals surface area contributed by atoms with Crippen molar-refractivity contribution in [3.05, 3.63) is 62.1 Å². The van der Waals surface area contributed by atoms with Gasteiger partial charge in [-0.25, -0.2) is 4.39 Å². The highest BCUT2D eigenvalue weighted by atomic mass is 79.9. The van der Waals surface area contributed by atoms with Gasteiger partial charge in [-0.1, -0.05) is 36.2 Å². The Labute approximate surface area is 135 Å². The molecule has 1 atom stereocenters. The van der Waals surface area contributed by atoms with Gasteiger partial charge < -0.3 is 5.32 Å². The second kappa shape index (κ2) is 6.85. The molecule has 1 aromatic carbocycles. The summed E-state index contributed by atoms with van der Waals surface area (Å²) in [5.74, 6) is -0.458. The summed E-state index contributed by atoms with van der Waals surface area (Å²) < 4.78 is 14.9. The first-order valence-corrected chi connectivity index (χ1v) is 7.57. The van der Waals surface area contributed by atoms with E-state index in [0.29, 0.717) is 21.6 Å². The topological polar surface area (TPSA) is 24.9 Å². The Kier molecular flexibility index (Phi) is 5.38. The molecule has 0 saturated carbocycles. The van der Waals surface area contributed by atoms with Crippen molar-refractivity contribution in [2.75, 3.05) is 6.54 Å². The summed E-state index contributed by atoms with van der Waals surface area (Å²) in [4.78, 5) is 3.95. The second-order valence-electron chi connectivity index (χ2n) is 4.15. The molecular weight excluding hydrogens is 366 g/mol. The maximum atomic E-state index is 14.4. The predicted octanol–water partition coefficient (Wildman–Crippen LogP) is 4.99. The smallest absolute Gasteiger partial charge is 0.148 e. The van der Waals surface area contributed by atoms with Crippen LogP contribution in [0.1, 0.15) is 24.1 Å². The minimum Gasteiger partial charge on any atom is -0.306 e. The van der Waals surface area contributed by atoms with Gasteiger partial charge in [0.2, 0.25) is 0 Å². The Morgan fingerprint density at radius 2 is 2.05 bits per heavy atom. The Bertz CT molecular complexity index is 622. The third-order valence-electron chi connectivity index (χ3n) is 2.90. The number of hydrogen-bond donors (Lipinski definition) is 1. The highest BCUT2D eigenvalue weighted by molar-refractivity contribution is 9.10. The van der Waals surface area contributed by atoms with Crippen LogP contribution >= 0.6 is 39.1 Å². The number of hydrogen-bond acceptors (Lipinski definition) is 2. The molecule has 0 aliphatic carbocycles. The molecule has 1 aromatic heterocycles. The lowest BCUT2D eigenvalue weighted by Crippen LogP contribution is -2.23. The molecule has 1 unspecified atom stereocenters. The van der Waals surface area contributed by atoms with E-state index in [1.807, 2.05) is 6.92 Å². The van der Waals surface area contributed by atoms with Crippen LogP contribution in [0.2, 0.25) is 10.0 Å². The van der Waals surface area contributed by atoms with Crippen LogP contribution in [0.4, 0.5) is 4.39 Å². The molecule has 20 heavy (non-hydrogen) atoms. The lowest BCUT2D eigenvalue weighted by atomic mass is 9.99. The molecular formula is C14H12BrCl2FN2. The summed E-state index contributed by atoms with van der Waals surface area (Å²) in [5, 5.41) is 3.77. The first kappa shape index (κ1) is 15.7. The fraction of sp³-hybridized carbons (Fsp3) is 0.214. The average Bonchev–Trinajstić information content (AvgIpc) is 2.44. The molecule has 1 heterocycles. The zero-order chi connectivity index (χ0) is 14.7. The molecule has 2 nitrogen and oxygen atoms in total. The van der Waals surface area contributed by atoms with Crippen molar-refractivity contribution in [1.82, 2.24) is 10.3 Å². The molecule has 0 saturated heterocycles. The first-order chi connectivity index (χ1) is 9.56. The van der Waals surface area contributed by atoms with Gasteiger partial charge in [-0.15, -0.1) is 0 Å². The predicted molar refractivity (Wildman–Crippen MR) is 83.9 cm³/mol. The monoisotopic (exact) mass is 376 g/mol. The minimum absolute atomic E-state index is 0.0654. The van der Waals surface area contributed by atoms with E-state index in [1.165, 1.54) is 0 Å². The van der Waals surface area contributed by atoms with Gasteiger partial charge in [0.1, 0.15) is 5.82 Å². The van der Waals surface area contributed by atoms with E-state index in [-0.39, 0.29) is 11.1 Å². The number of nitrogens with one attached hydrogen (secondary N) is 1. The fourth-order valence-electron chi connectivity index (χ4n) is 1.98. The number of nitrogens with zero attached hydrogens (tertiary/aromatic N) is 1. The van der Waals surface area contributed by atoms with Crippen LogP contribution in [0.3, 0.4) is 0 Å². The highest BCUT2D eigenvalue weighted by Crippen LogP contribution is 2.34. The van der Waals surface area contributed by atoms with E-state index in [4.69, 9.17) is 23.2 Å². The van der Waals surface area contributed by atoms with Crippen molar-refractivity contribution in [3.63, 3.8) is 0 Å². The summed E-state index contributed by atoms with van der Waals surface area (Å²) in [6, 6.07) is 4.81. The molecule has 0 amide bonds. The third kappa shape index (κ3) is 3.14. The van der Waals surface area contributed by atoms with E-state index in [9.17, 15) is 4.39 Å². The standard InChI is InChI=1S/C14H12BrCl2FN2/c1-2-20-14(8-5-6-19-7-11(8)16)9-3-4-10(15)12(17)13(9)18/h3-7,14,20H,2H2,1H3. The zero-order valence-corrected chi connectivity index (χ0v) is 13.7. The van der Waals surface area contributed by atoms with E-state index in [0.717, 1.165) is 5.56 Å². The van der Waals surface area contributed by atoms with Crippen LogP contribution in [0, 0.1) is 5.82 Å². The quantitative estimate of drug-likeness (QED) is 0.759. The summed E-state index contributed by atoms with van der Waals surface area (Å²) >= 11 is 15.3. The van der Waals surface area contributed by atoms with Crippen LogP contribution in [0.5, 0.6) is 0 Å². The highest BCUT2D eigenvalue weighted by Gasteiger charge is 2.21. The molecule has 2 rings (SSSR count). The van der Waals surface area contributed by atoms with Gasteiger partial charge in [-0.3, -0.25) is 4.98 Å². The molecule has 0 fully saturated rings. The van der Waals surface area contributed by atoms with Gasteiger partial charge in [-0.05, 0) is 40.2 Å². The molecule has 106 valence electrons. The van der Waals surface area contributed by atoms with Crippen LogP contribution in [0.25, 0.3) is 0 Å². The summed E-state index contributed by atoms with van der Waals surface area (Å²) in [6.45, 7) is 2.61. The number of rotatable bonds is 4. The van der Waals surface area contributed by atoms with Gasteiger partial charge in [-0.2, -0.15) is 0 Å². The van der Waals surface area contributed by atoms with Crippen LogP contribution in [-0.4, -0.2) is 11.5 Å². The maximum Gasteiger partial charge on any atom is 0.148 e. The summed E-state index contributed by atoms with van der Waals surface area (Å²) in [7, 11) is 0. The van der Waals surface area contributed by atoms with Gasteiger partial charge in [0.15, 0.2) is 0 Å². The Balaban J connectivity index is 2.55. The molecule has 0 aliphatic heterocycles. The van der Waals surface area contributed by atoms with Crippen LogP contribution in [0.15, 0.2) is 35.1 Å². The van der Waals surface area contributed by atoms with Crippen molar-refractivity contribution in [2.24, 2.45) is 0 Å². The molecule has 1 N–H and O–H groups in total. The summed E-state index contributed by atoms with van der Waals surface area (Å²) in [6.07, 6.45) is 3.17. The SMILES string of the molecule is CCNC(c1ccncc1Cl)c1ccc(Br)c(Cl)c1F. The second-order valence-corrected chi connectivity index (χ2v) is 5.79. The first-order valence-electron chi connectivity index (χ1n) is 6.02. The van der Waals surface area contributed by atoms with Crippen LogP contribution < -0.4 is 5.32 Å². The van der Waals surface area contributed by atoms with E-state index < -0.39 is 5.82 Å². The van der Waals surface area contributed by atoms with E-state index in [2.05, 4.69) is 26.2 Å². The molecule has 0 spiro atoms. The molecule has 0 radical (unpaired) electrons. The molecule has 0 bridgehead atoms. The third-order valence-corrected chi connectivity index (χ3v) is 4.47. The van der Waals surface area contributed by atoms with Crippen molar-refractivity contribution < 1.29 is 4.39 Å². The normalized spacial score (nSPS) is 12.4. The van der Waals surface area contributed by atoms with Crippen molar-refractivity contribution in [1.29, 1.82) is 0 Å². The average molecular weight is 378 g/mol. The van der Waals surface area contributed by atoms with Gasteiger partial charge in [0, 0.05) is 22.4 Å². The molecule has 6 heteroatoms. The fourth-order valence-corrected chi connectivity index (χ4v) is 2.68. The lowest BCUT2D eigenvalue weighted by molar-refractivity contribution is 0.558. The Morgan fingerprint density at radius 1 is 1.30 bits per heavy atom. The van der Waals surface area contributed by atoms with Gasteiger partial charge in [0.05, 0.1) is 16.1 Å². The largest absolute Gasteiger partial charge is 0.306 e. The maximum absolute atomic E-state index is 14.4. The summed E-state index contributed by atoms with van der Waals surface area (Å²) in [5.41, 5.74) is 1.22. The van der Waals surface area contributed by atoms with Crippen molar-refractivity contribution in [2.45, 2.75) is 13.0 Å². The number of aromatic nitrogens is 1. The zero-order valence-electron chi connectivity index (χ0n) is 10.6.